The van der Waals surface area contributed by atoms with Crippen molar-refractivity contribution in [2.24, 2.45) is 0 Å². The van der Waals surface area contributed by atoms with Crippen LogP contribution in [0.2, 0.25) is 5.02 Å². The quantitative estimate of drug-likeness (QED) is 0.0878. The molecule has 0 bridgehead atoms. The van der Waals surface area contributed by atoms with Gasteiger partial charge in [0.1, 0.15) is 0 Å². The van der Waals surface area contributed by atoms with Gasteiger partial charge in [-0.3, -0.25) is 10.1 Å². The van der Waals surface area contributed by atoms with Crippen LogP contribution in [0.5, 0.6) is 0 Å². The molecule has 2 amide bonds. The molecule has 0 fully saturated rings. The number of nitrogens with one attached hydrogen (secondary N) is 2. The Morgan fingerprint density at radius 3 is 2.24 bits per heavy atom. The van der Waals surface area contributed by atoms with Crippen LogP contribution in [0.4, 0.5) is 16.2 Å². The Labute approximate surface area is 204 Å². The van der Waals surface area contributed by atoms with Crippen LogP contribution < -0.4 is 10.6 Å². The van der Waals surface area contributed by atoms with Crippen molar-refractivity contribution in [3.05, 3.63) is 96.0 Å². The predicted octanol–water partition coefficient (Wildman–Crippen LogP) is 7.44. The Balaban J connectivity index is 1.57. The molecule has 7 heteroatoms. The minimum Gasteiger partial charge on any atom is -0.308 e. The number of Topliss-reactive ketones (excluding diaryl/α,β-unsaturated/α-hetero) is 1. The van der Waals surface area contributed by atoms with Gasteiger partial charge in [0.15, 0.2) is 5.78 Å². The number of allylic oxidation sites excluding steroid dienone is 1. The first-order chi connectivity index (χ1) is 16.5. The number of rotatable bonds is 11. The molecule has 0 spiro atoms. The lowest BCUT2D eigenvalue weighted by Gasteiger charge is -2.12. The second-order valence-electron chi connectivity index (χ2n) is 7.79. The molecule has 3 aromatic carbocycles. The molecule has 0 heterocycles. The molecular formula is C27H27ClN2O4. The molecule has 0 aromatic heterocycles. The van der Waals surface area contributed by atoms with E-state index in [9.17, 15) is 9.59 Å². The van der Waals surface area contributed by atoms with Crippen LogP contribution in [-0.2, 0) is 4.89 Å². The molecule has 176 valence electrons. The number of benzene rings is 3. The van der Waals surface area contributed by atoms with Crippen molar-refractivity contribution in [2.45, 2.75) is 31.8 Å². The van der Waals surface area contributed by atoms with Crippen LogP contribution >= 0.6 is 11.6 Å². The normalized spacial score (nSPS) is 11.5. The number of hydrogen-bond donors (Lipinski definition) is 3. The number of carbonyl (C=O) groups excluding carboxylic acids is 2. The maximum atomic E-state index is 12.5. The van der Waals surface area contributed by atoms with Crippen LogP contribution in [0.3, 0.4) is 0 Å². The van der Waals surface area contributed by atoms with Gasteiger partial charge in [0, 0.05) is 17.7 Å². The zero-order valence-electron chi connectivity index (χ0n) is 18.7. The van der Waals surface area contributed by atoms with E-state index in [-0.39, 0.29) is 12.2 Å². The maximum Gasteiger partial charge on any atom is 0.323 e. The molecule has 0 saturated heterocycles. The van der Waals surface area contributed by atoms with E-state index in [1.54, 1.807) is 54.6 Å². The molecule has 3 rings (SSSR count). The Kier molecular flexibility index (Phi) is 9.40. The third-order valence-corrected chi connectivity index (χ3v) is 5.63. The smallest absolute Gasteiger partial charge is 0.308 e. The highest BCUT2D eigenvalue weighted by Crippen LogP contribution is 2.24. The van der Waals surface area contributed by atoms with Gasteiger partial charge in [-0.1, -0.05) is 66.2 Å². The number of para-hydroxylation sites is 1. The molecule has 3 N–H and O–H groups in total. The summed E-state index contributed by atoms with van der Waals surface area (Å²) in [6.07, 6.45) is 3.58. The Morgan fingerprint density at radius 2 is 1.62 bits per heavy atom. The summed E-state index contributed by atoms with van der Waals surface area (Å²) < 4.78 is 0. The van der Waals surface area contributed by atoms with Gasteiger partial charge in [0.2, 0.25) is 0 Å². The fraction of sp³-hybridized carbons (Fsp3) is 0.185. The van der Waals surface area contributed by atoms with Gasteiger partial charge in [-0.25, -0.2) is 9.68 Å². The summed E-state index contributed by atoms with van der Waals surface area (Å²) in [5.74, 6) is -0.0896. The van der Waals surface area contributed by atoms with Crippen LogP contribution in [0.15, 0.2) is 85.5 Å². The van der Waals surface area contributed by atoms with E-state index in [1.165, 1.54) is 0 Å². The first-order valence-electron chi connectivity index (χ1n) is 11.0. The van der Waals surface area contributed by atoms with Crippen molar-refractivity contribution >= 4 is 34.8 Å². The zero-order chi connectivity index (χ0) is 24.3. The first kappa shape index (κ1) is 25.2. The number of hydrogen-bond acceptors (Lipinski definition) is 4. The summed E-state index contributed by atoms with van der Waals surface area (Å²) in [5.41, 5.74) is 3.60. The van der Waals surface area contributed by atoms with Crippen LogP contribution in [0, 0.1) is 0 Å². The number of anilines is 2. The van der Waals surface area contributed by atoms with E-state index in [2.05, 4.69) is 22.1 Å². The summed E-state index contributed by atoms with van der Waals surface area (Å²) in [7, 11) is 0. The fourth-order valence-corrected chi connectivity index (χ4v) is 3.63. The highest BCUT2D eigenvalue weighted by molar-refractivity contribution is 6.33. The standard InChI is InChI=1S/C27H27ClN2O4/c1-2-3-4-7-23(34-33)18-26(31)21-12-10-19(11-13-21)20-14-16-22(17-15-20)29-27(32)30-25-9-6-5-8-24(25)28/h2,5-6,8-17,23,33H,1,3-4,7,18H2,(H2,29,30,32). The molecule has 0 aliphatic rings. The average Bonchev–Trinajstić information content (AvgIpc) is 2.85. The second-order valence-corrected chi connectivity index (χ2v) is 8.20. The maximum absolute atomic E-state index is 12.5. The van der Waals surface area contributed by atoms with Crippen molar-refractivity contribution in [3.63, 3.8) is 0 Å². The predicted molar refractivity (Wildman–Crippen MR) is 136 cm³/mol. The van der Waals surface area contributed by atoms with E-state index in [1.807, 2.05) is 24.3 Å². The van der Waals surface area contributed by atoms with Crippen molar-refractivity contribution in [2.75, 3.05) is 10.6 Å². The Hall–Kier alpha value is -3.45. The topological polar surface area (TPSA) is 87.7 Å². The highest BCUT2D eigenvalue weighted by Gasteiger charge is 2.16. The lowest BCUT2D eigenvalue weighted by molar-refractivity contribution is -0.278. The third-order valence-electron chi connectivity index (χ3n) is 5.30. The minimum absolute atomic E-state index is 0.0896. The molecule has 3 aromatic rings. The lowest BCUT2D eigenvalue weighted by Crippen LogP contribution is -2.19. The third kappa shape index (κ3) is 7.28. The number of ketones is 1. The summed E-state index contributed by atoms with van der Waals surface area (Å²) in [5, 5.41) is 15.0. The van der Waals surface area contributed by atoms with Crippen molar-refractivity contribution in [3.8, 4) is 11.1 Å². The van der Waals surface area contributed by atoms with E-state index < -0.39 is 12.1 Å². The molecular weight excluding hydrogens is 452 g/mol. The Morgan fingerprint density at radius 1 is 0.971 bits per heavy atom. The molecule has 34 heavy (non-hydrogen) atoms. The van der Waals surface area contributed by atoms with Gasteiger partial charge in [-0.05, 0) is 54.7 Å². The summed E-state index contributed by atoms with van der Waals surface area (Å²) in [4.78, 5) is 29.2. The van der Waals surface area contributed by atoms with E-state index in [4.69, 9.17) is 16.9 Å². The molecule has 0 aliphatic heterocycles. The molecule has 0 saturated carbocycles. The number of halogens is 1. The van der Waals surface area contributed by atoms with Crippen molar-refractivity contribution in [1.82, 2.24) is 0 Å². The molecule has 1 unspecified atom stereocenters. The van der Waals surface area contributed by atoms with Crippen LogP contribution in [-0.4, -0.2) is 23.2 Å². The van der Waals surface area contributed by atoms with Gasteiger partial charge in [-0.2, -0.15) is 0 Å². The zero-order valence-corrected chi connectivity index (χ0v) is 19.4. The van der Waals surface area contributed by atoms with E-state index >= 15 is 0 Å². The molecule has 6 nitrogen and oxygen atoms in total. The Bertz CT molecular complexity index is 1110. The van der Waals surface area contributed by atoms with Gasteiger partial charge in [0.05, 0.1) is 16.8 Å². The monoisotopic (exact) mass is 478 g/mol. The van der Waals surface area contributed by atoms with Crippen molar-refractivity contribution in [1.29, 1.82) is 0 Å². The largest absolute Gasteiger partial charge is 0.323 e. The number of urea groups is 1. The first-order valence-corrected chi connectivity index (χ1v) is 11.4. The van der Waals surface area contributed by atoms with Crippen LogP contribution in [0.1, 0.15) is 36.0 Å². The molecule has 0 radical (unpaired) electrons. The SMILES string of the molecule is C=CCCCC(CC(=O)c1ccc(-c2ccc(NC(=O)Nc3ccccc3Cl)cc2)cc1)OO. The summed E-state index contributed by atoms with van der Waals surface area (Å²) in [6.45, 7) is 3.66. The van der Waals surface area contributed by atoms with Crippen LogP contribution in [0.25, 0.3) is 11.1 Å². The van der Waals surface area contributed by atoms with Gasteiger partial charge in [-0.15, -0.1) is 6.58 Å². The molecule has 0 aliphatic carbocycles. The molecule has 1 atom stereocenters. The fourth-order valence-electron chi connectivity index (χ4n) is 3.45. The second kappa shape index (κ2) is 12.7. The van der Waals surface area contributed by atoms with Crippen molar-refractivity contribution < 1.29 is 19.7 Å². The lowest BCUT2D eigenvalue weighted by atomic mass is 9.98. The van der Waals surface area contributed by atoms with Gasteiger partial charge >= 0.3 is 6.03 Å². The summed E-state index contributed by atoms with van der Waals surface area (Å²) in [6, 6.07) is 21.2. The van der Waals surface area contributed by atoms with Gasteiger partial charge < -0.3 is 10.6 Å². The summed E-state index contributed by atoms with van der Waals surface area (Å²) >= 11 is 6.06. The highest BCUT2D eigenvalue weighted by atomic mass is 35.5. The van der Waals surface area contributed by atoms with E-state index in [0.29, 0.717) is 28.4 Å². The minimum atomic E-state index is -0.526. The average molecular weight is 479 g/mol. The number of carbonyl (C=O) groups is 2. The van der Waals surface area contributed by atoms with Gasteiger partial charge in [0.25, 0.3) is 0 Å². The van der Waals surface area contributed by atoms with E-state index in [0.717, 1.165) is 24.0 Å². The number of unbranched alkanes of at least 4 members (excludes halogenated alkanes) is 1. The number of amides is 2.